The van der Waals surface area contributed by atoms with Crippen molar-refractivity contribution >= 4 is 9.84 Å². The Balaban J connectivity index is 2.15. The van der Waals surface area contributed by atoms with E-state index < -0.39 is 9.84 Å². The number of aromatic hydroxyl groups is 1. The maximum Gasteiger partial charge on any atom is 0.207 e. The number of benzene rings is 2. The van der Waals surface area contributed by atoms with Gasteiger partial charge in [0.05, 0.1) is 9.79 Å². The first kappa shape index (κ1) is 15.1. The van der Waals surface area contributed by atoms with Crippen molar-refractivity contribution in [3.8, 4) is 5.75 Å². The highest BCUT2D eigenvalue weighted by Crippen LogP contribution is 2.32. The van der Waals surface area contributed by atoms with Crippen molar-refractivity contribution in [2.75, 3.05) is 0 Å². The summed E-state index contributed by atoms with van der Waals surface area (Å²) in [5.74, 6) is 0.0967. The Kier molecular flexibility index (Phi) is 3.73. The summed E-state index contributed by atoms with van der Waals surface area (Å²) in [7, 11) is -3.56. The zero-order valence-electron chi connectivity index (χ0n) is 12.9. The topological polar surface area (TPSA) is 54.4 Å². The standard InChI is InChI=1S/C18H20O3S/c1-12-9-16(19)10-13(2)18(12)22(20,21)17-8-7-14-5-3-4-6-15(14)11-17/h7-11,19H,3-6H2,1-2H3. The third kappa shape index (κ3) is 2.52. The van der Waals surface area contributed by atoms with Gasteiger partial charge in [-0.05, 0) is 86.1 Å². The molecule has 2 aromatic rings. The van der Waals surface area contributed by atoms with Crippen LogP contribution < -0.4 is 0 Å². The lowest BCUT2D eigenvalue weighted by atomic mass is 9.92. The van der Waals surface area contributed by atoms with Crippen LogP contribution in [0.15, 0.2) is 40.1 Å². The van der Waals surface area contributed by atoms with Crippen molar-refractivity contribution in [1.82, 2.24) is 0 Å². The molecule has 1 N–H and O–H groups in total. The minimum Gasteiger partial charge on any atom is -0.508 e. The van der Waals surface area contributed by atoms with E-state index in [0.717, 1.165) is 24.8 Å². The molecule has 0 aliphatic heterocycles. The van der Waals surface area contributed by atoms with Gasteiger partial charge in [-0.1, -0.05) is 6.07 Å². The highest BCUT2D eigenvalue weighted by Gasteiger charge is 2.24. The first-order valence-electron chi connectivity index (χ1n) is 7.57. The Labute approximate surface area is 131 Å². The molecule has 0 saturated carbocycles. The van der Waals surface area contributed by atoms with Gasteiger partial charge in [0.2, 0.25) is 9.84 Å². The molecule has 3 nitrogen and oxygen atoms in total. The van der Waals surface area contributed by atoms with Crippen LogP contribution in [0, 0.1) is 13.8 Å². The maximum absolute atomic E-state index is 13.0. The Hall–Kier alpha value is -1.81. The molecule has 0 radical (unpaired) electrons. The molecular formula is C18H20O3S. The van der Waals surface area contributed by atoms with E-state index in [1.54, 1.807) is 19.9 Å². The second-order valence-corrected chi connectivity index (χ2v) is 7.94. The molecule has 0 spiro atoms. The molecular weight excluding hydrogens is 296 g/mol. The quantitative estimate of drug-likeness (QED) is 0.918. The normalized spacial score (nSPS) is 14.6. The van der Waals surface area contributed by atoms with Crippen molar-refractivity contribution < 1.29 is 13.5 Å². The second kappa shape index (κ2) is 5.43. The van der Waals surface area contributed by atoms with Crippen LogP contribution in [-0.2, 0) is 22.7 Å². The Morgan fingerprint density at radius 3 is 2.14 bits per heavy atom. The van der Waals surface area contributed by atoms with Crippen molar-refractivity contribution in [2.24, 2.45) is 0 Å². The number of fused-ring (bicyclic) bond motifs is 1. The van der Waals surface area contributed by atoms with E-state index in [1.807, 2.05) is 12.1 Å². The van der Waals surface area contributed by atoms with Crippen LogP contribution in [0.2, 0.25) is 0 Å². The average Bonchev–Trinajstić information content (AvgIpc) is 2.45. The molecule has 116 valence electrons. The van der Waals surface area contributed by atoms with E-state index in [-0.39, 0.29) is 5.75 Å². The maximum atomic E-state index is 13.0. The lowest BCUT2D eigenvalue weighted by Crippen LogP contribution is -2.09. The van der Waals surface area contributed by atoms with Crippen LogP contribution in [0.25, 0.3) is 0 Å². The van der Waals surface area contributed by atoms with E-state index in [4.69, 9.17) is 0 Å². The molecule has 2 aromatic carbocycles. The van der Waals surface area contributed by atoms with Crippen molar-refractivity contribution in [3.05, 3.63) is 52.6 Å². The molecule has 3 rings (SSSR count). The first-order valence-corrected chi connectivity index (χ1v) is 9.05. The van der Waals surface area contributed by atoms with E-state index in [2.05, 4.69) is 0 Å². The number of rotatable bonds is 2. The Morgan fingerprint density at radius 2 is 1.50 bits per heavy atom. The van der Waals surface area contributed by atoms with Crippen molar-refractivity contribution in [1.29, 1.82) is 0 Å². The summed E-state index contributed by atoms with van der Waals surface area (Å²) in [6.07, 6.45) is 4.28. The van der Waals surface area contributed by atoms with Gasteiger partial charge < -0.3 is 5.11 Å². The van der Waals surface area contributed by atoms with Gasteiger partial charge in [-0.3, -0.25) is 0 Å². The Morgan fingerprint density at radius 1 is 0.909 bits per heavy atom. The number of hydrogen-bond donors (Lipinski definition) is 1. The molecule has 0 heterocycles. The molecule has 0 fully saturated rings. The van der Waals surface area contributed by atoms with Gasteiger partial charge in [-0.2, -0.15) is 0 Å². The molecule has 0 atom stereocenters. The molecule has 0 unspecified atom stereocenters. The van der Waals surface area contributed by atoms with Crippen molar-refractivity contribution in [3.63, 3.8) is 0 Å². The average molecular weight is 316 g/mol. The highest BCUT2D eigenvalue weighted by atomic mass is 32.2. The minimum atomic E-state index is -3.56. The Bertz CT molecular complexity index is 812. The fourth-order valence-corrected chi connectivity index (χ4v) is 5.09. The monoisotopic (exact) mass is 316 g/mol. The minimum absolute atomic E-state index is 0.0967. The smallest absolute Gasteiger partial charge is 0.207 e. The van der Waals surface area contributed by atoms with Gasteiger partial charge in [0.15, 0.2) is 0 Å². The number of hydrogen-bond acceptors (Lipinski definition) is 3. The zero-order valence-corrected chi connectivity index (χ0v) is 13.7. The van der Waals surface area contributed by atoms with Crippen LogP contribution >= 0.6 is 0 Å². The number of phenols is 1. The zero-order chi connectivity index (χ0) is 15.9. The largest absolute Gasteiger partial charge is 0.508 e. The SMILES string of the molecule is Cc1cc(O)cc(C)c1S(=O)(=O)c1ccc2c(c1)CCCC2. The first-order chi connectivity index (χ1) is 10.4. The number of sulfone groups is 1. The summed E-state index contributed by atoms with van der Waals surface area (Å²) in [4.78, 5) is 0.658. The molecule has 0 aromatic heterocycles. The summed E-state index contributed by atoms with van der Waals surface area (Å²) in [6.45, 7) is 3.44. The van der Waals surface area contributed by atoms with Gasteiger partial charge in [-0.25, -0.2) is 8.42 Å². The van der Waals surface area contributed by atoms with E-state index >= 15 is 0 Å². The molecule has 0 bridgehead atoms. The third-order valence-electron chi connectivity index (χ3n) is 4.34. The van der Waals surface area contributed by atoms with Gasteiger partial charge in [-0.15, -0.1) is 0 Å². The molecule has 1 aliphatic carbocycles. The van der Waals surface area contributed by atoms with Gasteiger partial charge in [0.1, 0.15) is 5.75 Å². The van der Waals surface area contributed by atoms with Crippen LogP contribution in [0.3, 0.4) is 0 Å². The molecule has 4 heteroatoms. The van der Waals surface area contributed by atoms with Gasteiger partial charge in [0.25, 0.3) is 0 Å². The molecule has 22 heavy (non-hydrogen) atoms. The van der Waals surface area contributed by atoms with Crippen LogP contribution in [0.5, 0.6) is 5.75 Å². The second-order valence-electron chi connectivity index (χ2n) is 6.05. The number of phenolic OH excluding ortho intramolecular Hbond substituents is 1. The van der Waals surface area contributed by atoms with Crippen molar-refractivity contribution in [2.45, 2.75) is 49.3 Å². The fourth-order valence-electron chi connectivity index (χ4n) is 3.35. The van der Waals surface area contributed by atoms with E-state index in [1.165, 1.54) is 24.1 Å². The summed E-state index contributed by atoms with van der Waals surface area (Å²) in [6, 6.07) is 8.49. The van der Waals surface area contributed by atoms with Crippen LogP contribution in [0.4, 0.5) is 0 Å². The van der Waals surface area contributed by atoms with E-state index in [9.17, 15) is 13.5 Å². The lowest BCUT2D eigenvalue weighted by molar-refractivity contribution is 0.473. The fraction of sp³-hybridized carbons (Fsp3) is 0.333. The van der Waals surface area contributed by atoms with Gasteiger partial charge >= 0.3 is 0 Å². The summed E-state index contributed by atoms with van der Waals surface area (Å²) < 4.78 is 26.0. The summed E-state index contributed by atoms with van der Waals surface area (Å²) >= 11 is 0. The molecule has 1 aliphatic rings. The van der Waals surface area contributed by atoms with Crippen LogP contribution in [-0.4, -0.2) is 13.5 Å². The third-order valence-corrected chi connectivity index (χ3v) is 6.40. The van der Waals surface area contributed by atoms with Gasteiger partial charge in [0, 0.05) is 0 Å². The highest BCUT2D eigenvalue weighted by molar-refractivity contribution is 7.91. The predicted molar refractivity (Wildman–Crippen MR) is 86.1 cm³/mol. The molecule has 0 amide bonds. The summed E-state index contributed by atoms with van der Waals surface area (Å²) in [5.41, 5.74) is 3.58. The van der Waals surface area contributed by atoms with Crippen LogP contribution in [0.1, 0.15) is 35.1 Å². The molecule has 0 saturated heterocycles. The predicted octanol–water partition coefficient (Wildman–Crippen LogP) is 3.72. The number of aryl methyl sites for hydroxylation is 4. The van der Waals surface area contributed by atoms with E-state index in [0.29, 0.717) is 20.9 Å². The summed E-state index contributed by atoms with van der Waals surface area (Å²) in [5, 5.41) is 9.62. The lowest BCUT2D eigenvalue weighted by Gasteiger charge is -2.17.